The van der Waals surface area contributed by atoms with Crippen LogP contribution in [0.15, 0.2) is 65.6 Å². The topological polar surface area (TPSA) is 75.3 Å². The molecule has 0 saturated carbocycles. The van der Waals surface area contributed by atoms with Gasteiger partial charge in [-0.05, 0) is 24.1 Å². The Kier molecular flexibility index (Phi) is 5.68. The Hall–Kier alpha value is -2.18. The molecule has 1 amide bonds. The number of rotatable bonds is 7. The normalized spacial score (nSPS) is 11.1. The van der Waals surface area contributed by atoms with E-state index < -0.39 is 10.0 Å². The van der Waals surface area contributed by atoms with Gasteiger partial charge in [0.25, 0.3) is 0 Å². The molecule has 0 aliphatic rings. The second kappa shape index (κ2) is 7.72. The van der Waals surface area contributed by atoms with Gasteiger partial charge in [-0.25, -0.2) is 13.1 Å². The summed E-state index contributed by atoms with van der Waals surface area (Å²) in [5, 5.41) is 2.69. The van der Waals surface area contributed by atoms with E-state index in [0.717, 1.165) is 5.56 Å². The Balaban J connectivity index is 1.76. The van der Waals surface area contributed by atoms with E-state index in [1.165, 1.54) is 12.1 Å². The van der Waals surface area contributed by atoms with Gasteiger partial charge in [-0.1, -0.05) is 48.5 Å². The van der Waals surface area contributed by atoms with Crippen LogP contribution in [0.4, 0.5) is 0 Å². The maximum absolute atomic E-state index is 11.9. The molecule has 0 atom stereocenters. The van der Waals surface area contributed by atoms with Gasteiger partial charge in [0, 0.05) is 6.54 Å². The van der Waals surface area contributed by atoms with Crippen LogP contribution in [0.3, 0.4) is 0 Å². The number of amides is 1. The summed E-state index contributed by atoms with van der Waals surface area (Å²) in [6, 6.07) is 17.7. The zero-order valence-corrected chi connectivity index (χ0v) is 12.8. The minimum atomic E-state index is -3.64. The maximum Gasteiger partial charge on any atom is 0.241 e. The van der Waals surface area contributed by atoms with Crippen LogP contribution < -0.4 is 10.0 Å². The van der Waals surface area contributed by atoms with E-state index in [1.54, 1.807) is 18.2 Å². The van der Waals surface area contributed by atoms with Crippen molar-refractivity contribution in [1.82, 2.24) is 10.0 Å². The number of carbonyl (C=O) groups is 1. The molecule has 2 N–H and O–H groups in total. The molecule has 2 rings (SSSR count). The number of hydrogen-bond acceptors (Lipinski definition) is 3. The molecule has 0 radical (unpaired) electrons. The van der Waals surface area contributed by atoms with Crippen LogP contribution in [0, 0.1) is 0 Å². The lowest BCUT2D eigenvalue weighted by atomic mass is 10.1. The molecule has 0 unspecified atom stereocenters. The third-order valence-electron chi connectivity index (χ3n) is 3.05. The Morgan fingerprint density at radius 2 is 1.50 bits per heavy atom. The fourth-order valence-corrected chi connectivity index (χ4v) is 2.90. The Bertz CT molecular complexity index is 701. The summed E-state index contributed by atoms with van der Waals surface area (Å²) in [6.45, 7) is 0.196. The summed E-state index contributed by atoms with van der Waals surface area (Å²) in [4.78, 5) is 11.8. The minimum absolute atomic E-state index is 0.145. The highest BCUT2D eigenvalue weighted by atomic mass is 32.2. The van der Waals surface area contributed by atoms with Crippen molar-refractivity contribution in [1.29, 1.82) is 0 Å². The maximum atomic E-state index is 11.9. The monoisotopic (exact) mass is 318 g/mol. The molecule has 2 aromatic rings. The van der Waals surface area contributed by atoms with Crippen molar-refractivity contribution in [3.8, 4) is 0 Å². The van der Waals surface area contributed by atoms with Crippen LogP contribution in [0.1, 0.15) is 5.56 Å². The van der Waals surface area contributed by atoms with Crippen LogP contribution in [0.2, 0.25) is 0 Å². The quantitative estimate of drug-likeness (QED) is 0.808. The Morgan fingerprint density at radius 1 is 0.909 bits per heavy atom. The predicted octanol–water partition coefficient (Wildman–Crippen LogP) is 1.32. The van der Waals surface area contributed by atoms with Crippen molar-refractivity contribution < 1.29 is 13.2 Å². The van der Waals surface area contributed by atoms with Crippen molar-refractivity contribution in [2.75, 3.05) is 13.1 Å². The average Bonchev–Trinajstić information content (AvgIpc) is 2.55. The molecule has 0 saturated heterocycles. The van der Waals surface area contributed by atoms with Gasteiger partial charge in [0.1, 0.15) is 0 Å². The van der Waals surface area contributed by atoms with Gasteiger partial charge in [0.15, 0.2) is 0 Å². The number of carbonyl (C=O) groups excluding carboxylic acids is 1. The first-order valence-electron chi connectivity index (χ1n) is 6.93. The summed E-state index contributed by atoms with van der Waals surface area (Å²) in [6.07, 6.45) is 0.706. The van der Waals surface area contributed by atoms with Crippen molar-refractivity contribution in [2.45, 2.75) is 11.3 Å². The van der Waals surface area contributed by atoms with Crippen LogP contribution in [-0.2, 0) is 21.2 Å². The second-order valence-electron chi connectivity index (χ2n) is 4.72. The molecule has 6 heteroatoms. The lowest BCUT2D eigenvalue weighted by Crippen LogP contribution is -2.37. The van der Waals surface area contributed by atoms with Crippen LogP contribution in [0.25, 0.3) is 0 Å². The first-order chi connectivity index (χ1) is 10.6. The van der Waals surface area contributed by atoms with Gasteiger partial charge in [0.2, 0.25) is 15.9 Å². The fourth-order valence-electron chi connectivity index (χ4n) is 1.90. The Labute approximate surface area is 130 Å². The average molecular weight is 318 g/mol. The van der Waals surface area contributed by atoms with Crippen molar-refractivity contribution >= 4 is 15.9 Å². The van der Waals surface area contributed by atoms with Gasteiger partial charge in [-0.2, -0.15) is 0 Å². The zero-order valence-electron chi connectivity index (χ0n) is 12.0. The summed E-state index contributed by atoms with van der Waals surface area (Å²) < 4.78 is 26.2. The van der Waals surface area contributed by atoms with E-state index in [9.17, 15) is 13.2 Å². The molecule has 0 spiro atoms. The smallest absolute Gasteiger partial charge is 0.241 e. The third-order valence-corrected chi connectivity index (χ3v) is 4.47. The van der Waals surface area contributed by atoms with E-state index in [0.29, 0.717) is 13.0 Å². The summed E-state index contributed by atoms with van der Waals surface area (Å²) >= 11 is 0. The highest BCUT2D eigenvalue weighted by Gasteiger charge is 2.14. The number of sulfonamides is 1. The molecular formula is C16H18N2O3S. The van der Waals surface area contributed by atoms with Gasteiger partial charge in [0.05, 0.1) is 11.4 Å². The molecule has 5 nitrogen and oxygen atoms in total. The molecule has 22 heavy (non-hydrogen) atoms. The molecule has 2 aromatic carbocycles. The molecule has 0 bridgehead atoms. The number of nitrogens with one attached hydrogen (secondary N) is 2. The van der Waals surface area contributed by atoms with Crippen molar-refractivity contribution in [3.63, 3.8) is 0 Å². The molecule has 0 aromatic heterocycles. The molecule has 0 fully saturated rings. The first kappa shape index (κ1) is 16.2. The van der Waals surface area contributed by atoms with E-state index in [2.05, 4.69) is 10.0 Å². The fraction of sp³-hybridized carbons (Fsp3) is 0.188. The highest BCUT2D eigenvalue weighted by Crippen LogP contribution is 2.06. The van der Waals surface area contributed by atoms with Gasteiger partial charge < -0.3 is 5.32 Å². The minimum Gasteiger partial charge on any atom is -0.355 e. The van der Waals surface area contributed by atoms with Crippen LogP contribution >= 0.6 is 0 Å². The van der Waals surface area contributed by atoms with Crippen molar-refractivity contribution in [3.05, 3.63) is 66.2 Å². The number of hydrogen-bond donors (Lipinski definition) is 2. The second-order valence-corrected chi connectivity index (χ2v) is 6.49. The SMILES string of the molecule is O=C(CNS(=O)(=O)c1ccccc1)NCCc1ccccc1. The summed E-state index contributed by atoms with van der Waals surface area (Å²) in [5.41, 5.74) is 1.12. The van der Waals surface area contributed by atoms with Gasteiger partial charge in [-0.15, -0.1) is 0 Å². The van der Waals surface area contributed by atoms with E-state index in [1.807, 2.05) is 30.3 Å². The standard InChI is InChI=1S/C16H18N2O3S/c19-16(17-12-11-14-7-3-1-4-8-14)13-18-22(20,21)15-9-5-2-6-10-15/h1-10,18H,11-13H2,(H,17,19). The third kappa shape index (κ3) is 4.98. The van der Waals surface area contributed by atoms with Crippen LogP contribution in [0.5, 0.6) is 0 Å². The van der Waals surface area contributed by atoms with Gasteiger partial charge in [-0.3, -0.25) is 4.79 Å². The molecule has 0 aliphatic carbocycles. The summed E-state index contributed by atoms with van der Waals surface area (Å²) in [5.74, 6) is -0.351. The van der Waals surface area contributed by atoms with Crippen LogP contribution in [-0.4, -0.2) is 27.4 Å². The molecule has 0 heterocycles. The summed E-state index contributed by atoms with van der Waals surface area (Å²) in [7, 11) is -3.64. The predicted molar refractivity (Wildman–Crippen MR) is 84.8 cm³/mol. The molecule has 116 valence electrons. The highest BCUT2D eigenvalue weighted by molar-refractivity contribution is 7.89. The van der Waals surface area contributed by atoms with E-state index in [4.69, 9.17) is 0 Å². The largest absolute Gasteiger partial charge is 0.355 e. The number of benzene rings is 2. The zero-order chi connectivity index (χ0) is 15.8. The first-order valence-corrected chi connectivity index (χ1v) is 8.41. The van der Waals surface area contributed by atoms with E-state index in [-0.39, 0.29) is 17.3 Å². The van der Waals surface area contributed by atoms with Gasteiger partial charge >= 0.3 is 0 Å². The lowest BCUT2D eigenvalue weighted by Gasteiger charge is -2.08. The lowest BCUT2D eigenvalue weighted by molar-refractivity contribution is -0.119. The van der Waals surface area contributed by atoms with Crippen molar-refractivity contribution in [2.24, 2.45) is 0 Å². The molecular weight excluding hydrogens is 300 g/mol. The van der Waals surface area contributed by atoms with E-state index >= 15 is 0 Å². The Morgan fingerprint density at radius 3 is 2.14 bits per heavy atom. The molecule has 0 aliphatic heterocycles.